The van der Waals surface area contributed by atoms with E-state index in [1.54, 1.807) is 11.8 Å². The van der Waals surface area contributed by atoms with E-state index in [4.69, 9.17) is 0 Å². The van der Waals surface area contributed by atoms with Crippen molar-refractivity contribution >= 4 is 17.7 Å². The van der Waals surface area contributed by atoms with Crippen LogP contribution in [-0.4, -0.2) is 34.9 Å². The van der Waals surface area contributed by atoms with Gasteiger partial charge in [0.15, 0.2) is 0 Å². The van der Waals surface area contributed by atoms with Gasteiger partial charge in [-0.15, -0.1) is 11.8 Å². The Kier molecular flexibility index (Phi) is 5.77. The van der Waals surface area contributed by atoms with Crippen LogP contribution in [0.25, 0.3) is 0 Å². The van der Waals surface area contributed by atoms with Crippen molar-refractivity contribution in [2.45, 2.75) is 62.5 Å². The van der Waals surface area contributed by atoms with Crippen molar-refractivity contribution in [1.82, 2.24) is 4.90 Å². The Morgan fingerprint density at radius 2 is 1.95 bits per heavy atom. The number of amides is 1. The minimum atomic E-state index is -0.250. The minimum absolute atomic E-state index is 0.250. The van der Waals surface area contributed by atoms with Crippen LogP contribution in [0.2, 0.25) is 0 Å². The summed E-state index contributed by atoms with van der Waals surface area (Å²) in [4.78, 5) is 14.2. The predicted octanol–water partition coefficient (Wildman–Crippen LogP) is 3.59. The molecular weight excluding hydrogens is 268 g/mol. The molecule has 0 aromatic heterocycles. The summed E-state index contributed by atoms with van der Waals surface area (Å²) < 4.78 is -0.250. The van der Waals surface area contributed by atoms with Crippen molar-refractivity contribution < 1.29 is 4.79 Å². The molecule has 112 valence electrons. The summed E-state index contributed by atoms with van der Waals surface area (Å²) in [6.07, 6.45) is 12.1. The lowest BCUT2D eigenvalue weighted by Gasteiger charge is -2.36. The lowest BCUT2D eigenvalue weighted by Crippen LogP contribution is -2.44. The first-order valence-electron chi connectivity index (χ1n) is 7.93. The van der Waals surface area contributed by atoms with Gasteiger partial charge in [-0.2, -0.15) is 5.26 Å². The number of thioether (sulfide) groups is 1. The van der Waals surface area contributed by atoms with E-state index >= 15 is 0 Å². The Labute approximate surface area is 127 Å². The fraction of sp³-hybridized carbons (Fsp3) is 0.875. The van der Waals surface area contributed by atoms with Crippen LogP contribution in [0.4, 0.5) is 0 Å². The highest BCUT2D eigenvalue weighted by molar-refractivity contribution is 8.00. The van der Waals surface area contributed by atoms with Crippen molar-refractivity contribution in [3.05, 3.63) is 0 Å². The number of carbonyl (C=O) groups excluding carboxylic acids is 1. The molecule has 1 saturated heterocycles. The highest BCUT2D eigenvalue weighted by Crippen LogP contribution is 2.34. The molecule has 1 heterocycles. The Bertz CT molecular complexity index is 363. The Hall–Kier alpha value is -0.690. The zero-order chi connectivity index (χ0) is 14.4. The number of rotatable bonds is 4. The van der Waals surface area contributed by atoms with Gasteiger partial charge in [-0.3, -0.25) is 4.79 Å². The van der Waals surface area contributed by atoms with Gasteiger partial charge in [0.25, 0.3) is 0 Å². The molecule has 0 aromatic rings. The van der Waals surface area contributed by atoms with Crippen LogP contribution in [0, 0.1) is 17.2 Å². The Morgan fingerprint density at radius 1 is 1.30 bits per heavy atom. The van der Waals surface area contributed by atoms with Gasteiger partial charge in [-0.05, 0) is 31.4 Å². The topological polar surface area (TPSA) is 44.1 Å². The minimum Gasteiger partial charge on any atom is -0.343 e. The third kappa shape index (κ3) is 3.91. The molecular formula is C16H26N2OS. The van der Waals surface area contributed by atoms with Gasteiger partial charge in [0, 0.05) is 19.5 Å². The van der Waals surface area contributed by atoms with Crippen molar-refractivity contribution in [1.29, 1.82) is 5.26 Å². The van der Waals surface area contributed by atoms with Gasteiger partial charge in [-0.25, -0.2) is 0 Å². The zero-order valence-corrected chi connectivity index (χ0v) is 13.4. The third-order valence-electron chi connectivity index (χ3n) is 5.01. The number of nitriles is 1. The van der Waals surface area contributed by atoms with Gasteiger partial charge in [0.2, 0.25) is 5.91 Å². The first-order chi connectivity index (χ1) is 9.69. The molecule has 0 atom stereocenters. The van der Waals surface area contributed by atoms with Gasteiger partial charge in [-0.1, -0.05) is 32.1 Å². The molecule has 1 amide bonds. The monoisotopic (exact) mass is 294 g/mol. The maximum Gasteiger partial charge on any atom is 0.222 e. The van der Waals surface area contributed by atoms with Gasteiger partial charge in [0.05, 0.1) is 6.07 Å². The summed E-state index contributed by atoms with van der Waals surface area (Å²) in [6, 6.07) is 2.44. The highest BCUT2D eigenvalue weighted by Gasteiger charge is 2.35. The number of hydrogen-bond donors (Lipinski definition) is 0. The highest BCUT2D eigenvalue weighted by atomic mass is 32.2. The summed E-state index contributed by atoms with van der Waals surface area (Å²) in [5, 5.41) is 9.27. The van der Waals surface area contributed by atoms with E-state index in [9.17, 15) is 10.1 Å². The maximum absolute atomic E-state index is 12.3. The first kappa shape index (κ1) is 15.7. The lowest BCUT2D eigenvalue weighted by atomic mass is 9.86. The molecule has 0 unspecified atom stereocenters. The van der Waals surface area contributed by atoms with Crippen LogP contribution < -0.4 is 0 Å². The second-order valence-electron chi connectivity index (χ2n) is 6.23. The molecule has 0 spiro atoms. The predicted molar refractivity (Wildman–Crippen MR) is 83.5 cm³/mol. The fourth-order valence-electron chi connectivity index (χ4n) is 3.44. The number of piperidine rings is 1. The molecule has 0 aromatic carbocycles. The molecule has 0 bridgehead atoms. The van der Waals surface area contributed by atoms with Crippen LogP contribution in [0.15, 0.2) is 0 Å². The van der Waals surface area contributed by atoms with Gasteiger partial charge < -0.3 is 4.90 Å². The van der Waals surface area contributed by atoms with E-state index < -0.39 is 0 Å². The molecule has 4 heteroatoms. The normalized spacial score (nSPS) is 23.3. The lowest BCUT2D eigenvalue weighted by molar-refractivity contribution is -0.132. The van der Waals surface area contributed by atoms with E-state index in [0.29, 0.717) is 12.3 Å². The van der Waals surface area contributed by atoms with E-state index in [-0.39, 0.29) is 4.75 Å². The molecule has 2 aliphatic rings. The summed E-state index contributed by atoms with van der Waals surface area (Å²) in [5.41, 5.74) is 0. The average molecular weight is 294 g/mol. The average Bonchev–Trinajstić information content (AvgIpc) is 2.53. The van der Waals surface area contributed by atoms with Gasteiger partial charge >= 0.3 is 0 Å². The molecule has 1 aliphatic carbocycles. The molecule has 3 nitrogen and oxygen atoms in total. The molecule has 0 N–H and O–H groups in total. The summed E-state index contributed by atoms with van der Waals surface area (Å²) in [6.45, 7) is 1.52. The van der Waals surface area contributed by atoms with Crippen molar-refractivity contribution in [3.8, 4) is 6.07 Å². The largest absolute Gasteiger partial charge is 0.343 e. The number of carbonyl (C=O) groups is 1. The van der Waals surface area contributed by atoms with E-state index in [0.717, 1.165) is 38.3 Å². The Balaban J connectivity index is 1.73. The third-order valence-corrected chi connectivity index (χ3v) is 6.29. The molecule has 1 aliphatic heterocycles. The van der Waals surface area contributed by atoms with Crippen molar-refractivity contribution in [2.24, 2.45) is 5.92 Å². The van der Waals surface area contributed by atoms with Crippen LogP contribution in [0.1, 0.15) is 57.8 Å². The smallest absolute Gasteiger partial charge is 0.222 e. The standard InChI is InChI=1S/C16H26N2OS/c1-20-16(13-17)9-11-18(12-10-16)15(19)8-7-14-5-3-2-4-6-14/h14H,2-12H2,1H3. The van der Waals surface area contributed by atoms with Crippen molar-refractivity contribution in [3.63, 3.8) is 0 Å². The SMILES string of the molecule is CSC1(C#N)CCN(C(=O)CCC2CCCCC2)CC1. The van der Waals surface area contributed by atoms with Crippen LogP contribution in [0.3, 0.4) is 0 Å². The maximum atomic E-state index is 12.3. The number of nitrogens with zero attached hydrogens (tertiary/aromatic N) is 2. The van der Waals surface area contributed by atoms with Crippen LogP contribution in [0.5, 0.6) is 0 Å². The molecule has 2 fully saturated rings. The number of likely N-dealkylation sites (tertiary alicyclic amines) is 1. The molecule has 0 radical (unpaired) electrons. The van der Waals surface area contributed by atoms with Gasteiger partial charge in [0.1, 0.15) is 4.75 Å². The van der Waals surface area contributed by atoms with Crippen molar-refractivity contribution in [2.75, 3.05) is 19.3 Å². The molecule has 2 rings (SSSR count). The second kappa shape index (κ2) is 7.36. The fourth-order valence-corrected chi connectivity index (χ4v) is 4.12. The molecule has 1 saturated carbocycles. The van der Waals surface area contributed by atoms with E-state index in [1.165, 1.54) is 32.1 Å². The zero-order valence-electron chi connectivity index (χ0n) is 12.6. The quantitative estimate of drug-likeness (QED) is 0.796. The van der Waals surface area contributed by atoms with E-state index in [1.807, 2.05) is 11.2 Å². The first-order valence-corrected chi connectivity index (χ1v) is 9.16. The second-order valence-corrected chi connectivity index (χ2v) is 7.42. The van der Waals surface area contributed by atoms with Crippen LogP contribution >= 0.6 is 11.8 Å². The summed E-state index contributed by atoms with van der Waals surface area (Å²) in [7, 11) is 0. The Morgan fingerprint density at radius 3 is 2.50 bits per heavy atom. The van der Waals surface area contributed by atoms with Crippen LogP contribution in [-0.2, 0) is 4.79 Å². The molecule has 20 heavy (non-hydrogen) atoms. The van der Waals surface area contributed by atoms with E-state index in [2.05, 4.69) is 6.07 Å². The number of hydrogen-bond acceptors (Lipinski definition) is 3. The summed E-state index contributed by atoms with van der Waals surface area (Å²) in [5.74, 6) is 1.09. The summed E-state index contributed by atoms with van der Waals surface area (Å²) >= 11 is 1.64.